The molecule has 6 nitrogen and oxygen atoms in total. The van der Waals surface area contributed by atoms with Crippen molar-refractivity contribution in [2.45, 2.75) is 26.0 Å². The Bertz CT molecular complexity index is 851. The Balaban J connectivity index is 2.37. The zero-order valence-electron chi connectivity index (χ0n) is 15.3. The summed E-state index contributed by atoms with van der Waals surface area (Å²) in [5.74, 6) is 0.0774. The van der Waals surface area contributed by atoms with Gasteiger partial charge >= 0.3 is 0 Å². The minimum absolute atomic E-state index is 0.0586. The van der Waals surface area contributed by atoms with E-state index in [2.05, 4.69) is 5.32 Å². The molecule has 0 aromatic heterocycles. The molecule has 0 fully saturated rings. The van der Waals surface area contributed by atoms with Crippen LogP contribution >= 0.6 is 0 Å². The number of para-hydroxylation sites is 2. The van der Waals surface area contributed by atoms with Crippen molar-refractivity contribution >= 4 is 21.6 Å². The van der Waals surface area contributed by atoms with Crippen molar-refractivity contribution in [3.05, 3.63) is 60.2 Å². The number of anilines is 1. The Hall–Kier alpha value is -2.38. The SMILES string of the molecule is CC(C)Oc1ccccc1NC(=O)[C@H](c1ccccc1)N(C)S(C)(=O)=O. The molecule has 1 amide bonds. The van der Waals surface area contributed by atoms with Crippen LogP contribution in [0.2, 0.25) is 0 Å². The van der Waals surface area contributed by atoms with E-state index >= 15 is 0 Å². The standard InChI is InChI=1S/C19H24N2O4S/c1-14(2)25-17-13-9-8-12-16(17)20-19(22)18(21(3)26(4,23)24)15-10-6-5-7-11-15/h5-14,18H,1-4H3,(H,20,22)/t18-/m0/s1. The number of nitrogens with one attached hydrogen (secondary N) is 1. The monoisotopic (exact) mass is 376 g/mol. The highest BCUT2D eigenvalue weighted by atomic mass is 32.2. The van der Waals surface area contributed by atoms with Crippen molar-refractivity contribution in [1.82, 2.24) is 4.31 Å². The van der Waals surface area contributed by atoms with Gasteiger partial charge in [0.25, 0.3) is 0 Å². The van der Waals surface area contributed by atoms with Crippen molar-refractivity contribution in [3.63, 3.8) is 0 Å². The van der Waals surface area contributed by atoms with Crippen LogP contribution in [0.4, 0.5) is 5.69 Å². The summed E-state index contributed by atoms with van der Waals surface area (Å²) in [7, 11) is -2.18. The Morgan fingerprint density at radius 2 is 1.62 bits per heavy atom. The van der Waals surface area contributed by atoms with Gasteiger partial charge in [-0.05, 0) is 31.5 Å². The molecule has 140 valence electrons. The summed E-state index contributed by atoms with van der Waals surface area (Å²) < 4.78 is 30.8. The van der Waals surface area contributed by atoms with Gasteiger partial charge in [-0.25, -0.2) is 8.42 Å². The Morgan fingerprint density at radius 3 is 2.19 bits per heavy atom. The van der Waals surface area contributed by atoms with Crippen LogP contribution in [0.5, 0.6) is 5.75 Å². The van der Waals surface area contributed by atoms with Crippen LogP contribution in [-0.2, 0) is 14.8 Å². The smallest absolute Gasteiger partial charge is 0.247 e. The highest BCUT2D eigenvalue weighted by Gasteiger charge is 2.31. The van der Waals surface area contributed by atoms with Crippen LogP contribution in [0.25, 0.3) is 0 Å². The number of carbonyl (C=O) groups excluding carboxylic acids is 1. The van der Waals surface area contributed by atoms with Crippen LogP contribution in [0.1, 0.15) is 25.5 Å². The minimum atomic E-state index is -3.58. The molecule has 0 bridgehead atoms. The summed E-state index contributed by atoms with van der Waals surface area (Å²) in [6, 6.07) is 14.9. The number of hydrogen-bond acceptors (Lipinski definition) is 4. The van der Waals surface area contributed by atoms with Crippen LogP contribution in [0.3, 0.4) is 0 Å². The fraction of sp³-hybridized carbons (Fsp3) is 0.316. The topological polar surface area (TPSA) is 75.7 Å². The first kappa shape index (κ1) is 19.9. The number of hydrogen-bond donors (Lipinski definition) is 1. The first-order chi connectivity index (χ1) is 12.2. The van der Waals surface area contributed by atoms with Crippen molar-refractivity contribution in [3.8, 4) is 5.75 Å². The molecule has 2 rings (SSSR count). The fourth-order valence-corrected chi connectivity index (χ4v) is 3.08. The zero-order chi connectivity index (χ0) is 19.3. The van der Waals surface area contributed by atoms with Crippen LogP contribution in [0.15, 0.2) is 54.6 Å². The van der Waals surface area contributed by atoms with Crippen molar-refractivity contribution in [1.29, 1.82) is 0 Å². The second kappa shape index (κ2) is 8.33. The predicted octanol–water partition coefficient (Wildman–Crippen LogP) is 3.05. The summed E-state index contributed by atoms with van der Waals surface area (Å²) in [6.45, 7) is 3.78. The van der Waals surface area contributed by atoms with Gasteiger partial charge in [0.05, 0.1) is 18.0 Å². The van der Waals surface area contributed by atoms with Crippen molar-refractivity contribution < 1.29 is 17.9 Å². The van der Waals surface area contributed by atoms with Gasteiger partial charge in [0.1, 0.15) is 11.8 Å². The molecular weight excluding hydrogens is 352 g/mol. The van der Waals surface area contributed by atoms with Crippen molar-refractivity contribution in [2.24, 2.45) is 0 Å². The van der Waals surface area contributed by atoms with E-state index in [1.54, 1.807) is 42.5 Å². The lowest BCUT2D eigenvalue weighted by molar-refractivity contribution is -0.119. The lowest BCUT2D eigenvalue weighted by Crippen LogP contribution is -2.38. The van der Waals surface area contributed by atoms with E-state index in [0.717, 1.165) is 10.6 Å². The molecule has 26 heavy (non-hydrogen) atoms. The number of sulfonamides is 1. The molecule has 7 heteroatoms. The van der Waals surface area contributed by atoms with Gasteiger partial charge in [-0.15, -0.1) is 0 Å². The summed E-state index contributed by atoms with van der Waals surface area (Å²) in [6.07, 6.45) is 1.02. The van der Waals surface area contributed by atoms with Gasteiger partial charge in [0, 0.05) is 7.05 Å². The quantitative estimate of drug-likeness (QED) is 0.806. The second-order valence-corrected chi connectivity index (χ2v) is 8.29. The number of benzene rings is 2. The molecule has 2 aromatic rings. The molecule has 1 N–H and O–H groups in total. The molecule has 0 spiro atoms. The largest absolute Gasteiger partial charge is 0.489 e. The van der Waals surface area contributed by atoms with E-state index in [-0.39, 0.29) is 6.10 Å². The molecule has 0 radical (unpaired) electrons. The average molecular weight is 376 g/mol. The second-order valence-electron chi connectivity index (χ2n) is 6.24. The van der Waals surface area contributed by atoms with E-state index < -0.39 is 22.0 Å². The maximum Gasteiger partial charge on any atom is 0.247 e. The molecule has 0 aliphatic carbocycles. The van der Waals surface area contributed by atoms with E-state index in [4.69, 9.17) is 4.74 Å². The van der Waals surface area contributed by atoms with E-state index in [9.17, 15) is 13.2 Å². The maximum absolute atomic E-state index is 13.0. The molecule has 0 saturated carbocycles. The third-order valence-electron chi connectivity index (χ3n) is 3.76. The Morgan fingerprint density at radius 1 is 1.04 bits per heavy atom. The van der Waals surface area contributed by atoms with Crippen molar-refractivity contribution in [2.75, 3.05) is 18.6 Å². The third-order valence-corrected chi connectivity index (χ3v) is 5.02. The van der Waals surface area contributed by atoms with Gasteiger partial charge in [-0.1, -0.05) is 42.5 Å². The highest BCUT2D eigenvalue weighted by molar-refractivity contribution is 7.88. The lowest BCUT2D eigenvalue weighted by atomic mass is 10.1. The number of carbonyl (C=O) groups is 1. The summed E-state index contributed by atoms with van der Waals surface area (Å²) in [5, 5.41) is 2.80. The fourth-order valence-electron chi connectivity index (χ4n) is 2.48. The molecule has 0 unspecified atom stereocenters. The van der Waals surface area contributed by atoms with Gasteiger partial charge < -0.3 is 10.1 Å². The molecule has 1 atom stereocenters. The summed E-state index contributed by atoms with van der Waals surface area (Å²) in [5.41, 5.74) is 1.08. The first-order valence-electron chi connectivity index (χ1n) is 8.24. The van der Waals surface area contributed by atoms with Gasteiger partial charge in [-0.3, -0.25) is 4.79 Å². The number of nitrogens with zero attached hydrogens (tertiary/aromatic N) is 1. The summed E-state index contributed by atoms with van der Waals surface area (Å²) in [4.78, 5) is 13.0. The third kappa shape index (κ3) is 5.06. The number of amides is 1. The maximum atomic E-state index is 13.0. The molecule has 0 saturated heterocycles. The average Bonchev–Trinajstić information content (AvgIpc) is 2.56. The highest BCUT2D eigenvalue weighted by Crippen LogP contribution is 2.28. The summed E-state index contributed by atoms with van der Waals surface area (Å²) >= 11 is 0. The predicted molar refractivity (Wildman–Crippen MR) is 103 cm³/mol. The van der Waals surface area contributed by atoms with Crippen LogP contribution in [-0.4, -0.2) is 38.0 Å². The molecule has 2 aromatic carbocycles. The zero-order valence-corrected chi connectivity index (χ0v) is 16.2. The number of ether oxygens (including phenoxy) is 1. The van der Waals surface area contributed by atoms with Gasteiger partial charge in [-0.2, -0.15) is 4.31 Å². The molecule has 0 aliphatic rings. The normalized spacial score (nSPS) is 12.8. The van der Waals surface area contributed by atoms with E-state index in [1.165, 1.54) is 7.05 Å². The van der Waals surface area contributed by atoms with Gasteiger partial charge in [0.2, 0.25) is 15.9 Å². The molecule has 0 heterocycles. The van der Waals surface area contributed by atoms with E-state index in [1.807, 2.05) is 26.0 Å². The number of likely N-dealkylation sites (N-methyl/N-ethyl adjacent to an activating group) is 1. The molecular formula is C19H24N2O4S. The number of rotatable bonds is 7. The Labute approximate surface area is 154 Å². The van der Waals surface area contributed by atoms with Gasteiger partial charge in [0.15, 0.2) is 0 Å². The molecule has 0 aliphatic heterocycles. The Kier molecular flexibility index (Phi) is 6.39. The minimum Gasteiger partial charge on any atom is -0.489 e. The van der Waals surface area contributed by atoms with E-state index in [0.29, 0.717) is 17.0 Å². The van der Waals surface area contributed by atoms with Crippen LogP contribution < -0.4 is 10.1 Å². The van der Waals surface area contributed by atoms with Crippen LogP contribution in [0, 0.1) is 0 Å². The lowest BCUT2D eigenvalue weighted by Gasteiger charge is -2.26. The first-order valence-corrected chi connectivity index (χ1v) is 10.1.